The summed E-state index contributed by atoms with van der Waals surface area (Å²) in [5, 5.41) is 3.20. The maximum Gasteiger partial charge on any atom is 0.250 e. The van der Waals surface area contributed by atoms with Gasteiger partial charge >= 0.3 is 0 Å². The molecule has 0 aliphatic heterocycles. The van der Waals surface area contributed by atoms with E-state index in [4.69, 9.17) is 0 Å². The Kier molecular flexibility index (Phi) is 5.57. The van der Waals surface area contributed by atoms with Crippen molar-refractivity contribution in [1.29, 1.82) is 0 Å². The van der Waals surface area contributed by atoms with Gasteiger partial charge in [0.1, 0.15) is 4.21 Å². The average molecular weight is 317 g/mol. The van der Waals surface area contributed by atoms with Crippen LogP contribution < -0.4 is 10.0 Å². The third-order valence-electron chi connectivity index (χ3n) is 3.38. The van der Waals surface area contributed by atoms with Gasteiger partial charge in [0.2, 0.25) is 10.0 Å². The molecular weight excluding hydrogens is 294 g/mol. The number of hydrogen-bond acceptors (Lipinski definition) is 5. The normalized spacial score (nSPS) is 15.9. The van der Waals surface area contributed by atoms with Crippen LogP contribution in [0.2, 0.25) is 0 Å². The van der Waals surface area contributed by atoms with Crippen LogP contribution in [-0.2, 0) is 16.6 Å². The molecule has 2 rings (SSSR count). The van der Waals surface area contributed by atoms with Crippen molar-refractivity contribution in [3.05, 3.63) is 17.0 Å². The van der Waals surface area contributed by atoms with Crippen molar-refractivity contribution in [2.24, 2.45) is 0 Å². The minimum atomic E-state index is -3.35. The fourth-order valence-corrected chi connectivity index (χ4v) is 4.36. The summed E-state index contributed by atoms with van der Waals surface area (Å²) in [4.78, 5) is 3.26. The number of nitrogens with zero attached hydrogens (tertiary/aromatic N) is 1. The van der Waals surface area contributed by atoms with E-state index in [2.05, 4.69) is 14.9 Å². The monoisotopic (exact) mass is 317 g/mol. The van der Waals surface area contributed by atoms with Crippen molar-refractivity contribution in [3.63, 3.8) is 0 Å². The van der Waals surface area contributed by atoms with E-state index in [1.54, 1.807) is 6.07 Å². The van der Waals surface area contributed by atoms with E-state index in [1.165, 1.54) is 24.2 Å². The van der Waals surface area contributed by atoms with Gasteiger partial charge in [0, 0.05) is 30.6 Å². The van der Waals surface area contributed by atoms with Gasteiger partial charge in [0.05, 0.1) is 0 Å². The molecule has 1 aliphatic rings. The molecule has 114 valence electrons. The van der Waals surface area contributed by atoms with Gasteiger partial charge < -0.3 is 10.2 Å². The van der Waals surface area contributed by atoms with Crippen molar-refractivity contribution < 1.29 is 8.42 Å². The molecule has 0 unspecified atom stereocenters. The Labute approximate surface area is 125 Å². The molecular formula is C13H23N3O2S2. The molecule has 0 spiro atoms. The van der Waals surface area contributed by atoms with Crippen LogP contribution in [0.4, 0.5) is 0 Å². The highest BCUT2D eigenvalue weighted by atomic mass is 32.2. The van der Waals surface area contributed by atoms with Crippen LogP contribution in [0.5, 0.6) is 0 Å². The van der Waals surface area contributed by atoms with Crippen LogP contribution in [-0.4, -0.2) is 46.0 Å². The van der Waals surface area contributed by atoms with Gasteiger partial charge in [-0.05, 0) is 38.6 Å². The molecule has 5 nitrogen and oxygen atoms in total. The van der Waals surface area contributed by atoms with Crippen molar-refractivity contribution >= 4 is 21.4 Å². The number of thiophene rings is 1. The molecule has 1 aromatic rings. The SMILES string of the molecule is CCNCc1ccc(S(=O)(=O)NCCN(C)C2CC2)s1. The third kappa shape index (κ3) is 4.53. The van der Waals surface area contributed by atoms with E-state index in [9.17, 15) is 8.42 Å². The van der Waals surface area contributed by atoms with Crippen LogP contribution in [0, 0.1) is 0 Å². The second-order valence-corrected chi connectivity index (χ2v) is 8.27. The van der Waals surface area contributed by atoms with Crippen molar-refractivity contribution in [2.75, 3.05) is 26.7 Å². The van der Waals surface area contributed by atoms with E-state index >= 15 is 0 Å². The molecule has 1 heterocycles. The van der Waals surface area contributed by atoms with Crippen LogP contribution in [0.3, 0.4) is 0 Å². The fourth-order valence-electron chi connectivity index (χ4n) is 1.97. The topological polar surface area (TPSA) is 61.4 Å². The van der Waals surface area contributed by atoms with Gasteiger partial charge in [0.25, 0.3) is 0 Å². The van der Waals surface area contributed by atoms with Crippen LogP contribution >= 0.6 is 11.3 Å². The first kappa shape index (κ1) is 15.9. The molecule has 7 heteroatoms. The van der Waals surface area contributed by atoms with Gasteiger partial charge in [-0.3, -0.25) is 0 Å². The first-order valence-electron chi connectivity index (χ1n) is 7.02. The highest BCUT2D eigenvalue weighted by molar-refractivity contribution is 7.91. The first-order valence-corrected chi connectivity index (χ1v) is 9.32. The molecule has 0 bridgehead atoms. The Morgan fingerprint density at radius 3 is 2.80 bits per heavy atom. The van der Waals surface area contributed by atoms with Crippen molar-refractivity contribution in [3.8, 4) is 0 Å². The molecule has 0 radical (unpaired) electrons. The zero-order valence-electron chi connectivity index (χ0n) is 12.1. The Bertz CT molecular complexity index is 523. The summed E-state index contributed by atoms with van der Waals surface area (Å²) in [6.45, 7) is 4.87. The van der Waals surface area contributed by atoms with E-state index in [1.807, 2.05) is 20.0 Å². The predicted molar refractivity (Wildman–Crippen MR) is 82.5 cm³/mol. The summed E-state index contributed by atoms with van der Waals surface area (Å²) in [6, 6.07) is 4.22. The molecule has 0 aromatic carbocycles. The molecule has 1 aliphatic carbocycles. The smallest absolute Gasteiger partial charge is 0.250 e. The minimum Gasteiger partial charge on any atom is -0.312 e. The quantitative estimate of drug-likeness (QED) is 0.719. The molecule has 0 amide bonds. The predicted octanol–water partition coefficient (Wildman–Crippen LogP) is 1.23. The summed E-state index contributed by atoms with van der Waals surface area (Å²) >= 11 is 1.33. The Hall–Kier alpha value is -0.470. The summed E-state index contributed by atoms with van der Waals surface area (Å²) in [5.74, 6) is 0. The second-order valence-electron chi connectivity index (χ2n) is 5.11. The fraction of sp³-hybridized carbons (Fsp3) is 0.692. The van der Waals surface area contributed by atoms with Crippen LogP contribution in [0.15, 0.2) is 16.3 Å². The molecule has 2 N–H and O–H groups in total. The van der Waals surface area contributed by atoms with Gasteiger partial charge in [-0.25, -0.2) is 13.1 Å². The molecule has 1 fully saturated rings. The highest BCUT2D eigenvalue weighted by Gasteiger charge is 2.26. The summed E-state index contributed by atoms with van der Waals surface area (Å²) in [5.41, 5.74) is 0. The lowest BCUT2D eigenvalue weighted by atomic mass is 10.4. The third-order valence-corrected chi connectivity index (χ3v) is 6.42. The van der Waals surface area contributed by atoms with E-state index < -0.39 is 10.0 Å². The maximum atomic E-state index is 12.1. The lowest BCUT2D eigenvalue weighted by Crippen LogP contribution is -2.33. The lowest BCUT2D eigenvalue weighted by Gasteiger charge is -2.15. The average Bonchev–Trinajstić information content (AvgIpc) is 3.14. The van der Waals surface area contributed by atoms with Crippen LogP contribution in [0.1, 0.15) is 24.6 Å². The largest absolute Gasteiger partial charge is 0.312 e. The van der Waals surface area contributed by atoms with E-state index in [0.29, 0.717) is 16.8 Å². The Morgan fingerprint density at radius 1 is 1.40 bits per heavy atom. The van der Waals surface area contributed by atoms with Crippen molar-refractivity contribution in [2.45, 2.75) is 36.6 Å². The molecule has 0 atom stereocenters. The summed E-state index contributed by atoms with van der Waals surface area (Å²) in [7, 11) is -1.30. The van der Waals surface area contributed by atoms with E-state index in [0.717, 1.165) is 24.5 Å². The maximum absolute atomic E-state index is 12.1. The van der Waals surface area contributed by atoms with Gasteiger partial charge in [0.15, 0.2) is 0 Å². The summed E-state index contributed by atoms with van der Waals surface area (Å²) < 4.78 is 27.4. The van der Waals surface area contributed by atoms with E-state index in [-0.39, 0.29) is 0 Å². The zero-order chi connectivity index (χ0) is 14.6. The van der Waals surface area contributed by atoms with Gasteiger partial charge in [-0.15, -0.1) is 11.3 Å². The molecule has 1 aromatic heterocycles. The number of likely N-dealkylation sites (N-methyl/N-ethyl adjacent to an activating group) is 1. The lowest BCUT2D eigenvalue weighted by molar-refractivity contribution is 0.329. The molecule has 0 saturated heterocycles. The minimum absolute atomic E-state index is 0.402. The standard InChI is InChI=1S/C13H23N3O2S2/c1-3-14-10-12-6-7-13(19-12)20(17,18)15-8-9-16(2)11-4-5-11/h6-7,11,14-15H,3-5,8-10H2,1-2H3. The number of sulfonamides is 1. The second kappa shape index (κ2) is 7.00. The Balaban J connectivity index is 1.83. The van der Waals surface area contributed by atoms with Crippen molar-refractivity contribution in [1.82, 2.24) is 14.9 Å². The van der Waals surface area contributed by atoms with Crippen LogP contribution in [0.25, 0.3) is 0 Å². The highest BCUT2D eigenvalue weighted by Crippen LogP contribution is 2.25. The first-order chi connectivity index (χ1) is 9.53. The summed E-state index contributed by atoms with van der Waals surface area (Å²) in [6.07, 6.45) is 2.48. The number of rotatable bonds is 9. The Morgan fingerprint density at radius 2 is 2.15 bits per heavy atom. The van der Waals surface area contributed by atoms with Gasteiger partial charge in [-0.1, -0.05) is 6.92 Å². The number of hydrogen-bond donors (Lipinski definition) is 2. The van der Waals surface area contributed by atoms with Gasteiger partial charge in [-0.2, -0.15) is 0 Å². The zero-order valence-corrected chi connectivity index (χ0v) is 13.7. The number of nitrogens with one attached hydrogen (secondary N) is 2. The molecule has 20 heavy (non-hydrogen) atoms. The molecule has 1 saturated carbocycles.